The molecule has 0 saturated heterocycles. The maximum absolute atomic E-state index is 11.5. The molecule has 4 nitrogen and oxygen atoms in total. The number of nitrogens with zero attached hydrogens (tertiary/aromatic N) is 1. The summed E-state index contributed by atoms with van der Waals surface area (Å²) >= 11 is 0. The highest BCUT2D eigenvalue weighted by Crippen LogP contribution is 2.26. The molecule has 0 bridgehead atoms. The van der Waals surface area contributed by atoms with Crippen molar-refractivity contribution in [1.82, 2.24) is 0 Å². The summed E-state index contributed by atoms with van der Waals surface area (Å²) in [5.41, 5.74) is 1.42. The Balaban J connectivity index is 2.42. The topological polar surface area (TPSA) is 46.6 Å². The first-order valence-corrected chi connectivity index (χ1v) is 4.84. The highest BCUT2D eigenvalue weighted by molar-refractivity contribution is 6.28. The van der Waals surface area contributed by atoms with Gasteiger partial charge in [0, 0.05) is 12.2 Å². The van der Waals surface area contributed by atoms with Crippen molar-refractivity contribution in [2.24, 2.45) is 0 Å². The zero-order valence-electron chi connectivity index (χ0n) is 9.06. The zero-order valence-corrected chi connectivity index (χ0v) is 9.06. The fourth-order valence-corrected chi connectivity index (χ4v) is 1.64. The van der Waals surface area contributed by atoms with Crippen molar-refractivity contribution in [3.05, 3.63) is 35.9 Å². The van der Waals surface area contributed by atoms with Gasteiger partial charge in [-0.2, -0.15) is 0 Å². The molecule has 0 saturated carbocycles. The molecule has 1 aliphatic rings. The van der Waals surface area contributed by atoms with Crippen LogP contribution in [-0.2, 0) is 9.59 Å². The Labute approximate surface area is 93.1 Å². The zero-order chi connectivity index (χ0) is 11.7. The van der Waals surface area contributed by atoms with Gasteiger partial charge < -0.3 is 4.74 Å². The van der Waals surface area contributed by atoms with Gasteiger partial charge in [-0.3, -0.25) is 9.59 Å². The summed E-state index contributed by atoms with van der Waals surface area (Å²) in [7, 11) is 1.57. The number of imide groups is 1. The first-order valence-electron chi connectivity index (χ1n) is 4.84. The maximum Gasteiger partial charge on any atom is 0.258 e. The number of methoxy groups -OCH3 is 1. The molecule has 1 heterocycles. The van der Waals surface area contributed by atoms with E-state index < -0.39 is 0 Å². The molecule has 0 atom stereocenters. The van der Waals surface area contributed by atoms with Crippen molar-refractivity contribution in [2.75, 3.05) is 12.0 Å². The summed E-state index contributed by atoms with van der Waals surface area (Å²) in [6.45, 7) is 1.83. The lowest BCUT2D eigenvalue weighted by atomic mass is 10.1. The van der Waals surface area contributed by atoms with Gasteiger partial charge in [-0.1, -0.05) is 0 Å². The summed E-state index contributed by atoms with van der Waals surface area (Å²) < 4.78 is 5.06. The number of hydrogen-bond acceptors (Lipinski definition) is 3. The molecule has 0 spiro atoms. The van der Waals surface area contributed by atoms with Gasteiger partial charge in [0.05, 0.1) is 12.8 Å². The minimum Gasteiger partial charge on any atom is -0.497 e. The quantitative estimate of drug-likeness (QED) is 0.704. The Morgan fingerprint density at radius 3 is 2.25 bits per heavy atom. The number of carbonyl (C=O) groups excluding carboxylic acids is 2. The Morgan fingerprint density at radius 1 is 1.12 bits per heavy atom. The number of hydrogen-bond donors (Lipinski definition) is 0. The lowest BCUT2D eigenvalue weighted by molar-refractivity contribution is -0.119. The van der Waals surface area contributed by atoms with Crippen molar-refractivity contribution >= 4 is 17.5 Å². The lowest BCUT2D eigenvalue weighted by Gasteiger charge is -2.16. The highest BCUT2D eigenvalue weighted by atomic mass is 16.5. The van der Waals surface area contributed by atoms with Crippen LogP contribution in [0.15, 0.2) is 30.4 Å². The van der Waals surface area contributed by atoms with Crippen molar-refractivity contribution in [3.8, 4) is 5.75 Å². The highest BCUT2D eigenvalue weighted by Gasteiger charge is 2.26. The molecule has 1 aromatic rings. The first-order chi connectivity index (χ1) is 7.63. The fraction of sp³-hybridized carbons (Fsp3) is 0.167. The molecule has 2 amide bonds. The number of amides is 2. The molecule has 0 aliphatic carbocycles. The van der Waals surface area contributed by atoms with Crippen LogP contribution in [0, 0.1) is 6.92 Å². The molecule has 0 aromatic heterocycles. The van der Waals surface area contributed by atoms with Gasteiger partial charge >= 0.3 is 0 Å². The number of rotatable bonds is 2. The van der Waals surface area contributed by atoms with E-state index in [9.17, 15) is 9.59 Å². The average Bonchev–Trinajstić information content (AvgIpc) is 2.59. The van der Waals surface area contributed by atoms with Crippen LogP contribution in [0.25, 0.3) is 0 Å². The predicted octanol–water partition coefficient (Wildman–Crippen LogP) is 1.43. The molecular weight excluding hydrogens is 206 g/mol. The summed E-state index contributed by atoms with van der Waals surface area (Å²) in [4.78, 5) is 24.1. The molecule has 0 fully saturated rings. The largest absolute Gasteiger partial charge is 0.497 e. The normalized spacial score (nSPS) is 14.8. The number of anilines is 1. The van der Waals surface area contributed by atoms with Crippen LogP contribution in [0.2, 0.25) is 0 Å². The third-order valence-corrected chi connectivity index (χ3v) is 2.45. The molecule has 4 heteroatoms. The number of carbonyl (C=O) groups is 2. The van der Waals surface area contributed by atoms with E-state index >= 15 is 0 Å². The van der Waals surface area contributed by atoms with Crippen LogP contribution in [0.5, 0.6) is 5.75 Å². The number of ether oxygens (including phenoxy) is 1. The third-order valence-electron chi connectivity index (χ3n) is 2.45. The molecule has 82 valence electrons. The summed E-state index contributed by atoms with van der Waals surface area (Å²) in [5.74, 6) is 0.0878. The molecule has 2 rings (SSSR count). The Hall–Kier alpha value is -2.10. The van der Waals surface area contributed by atoms with Crippen molar-refractivity contribution in [2.45, 2.75) is 6.92 Å². The van der Waals surface area contributed by atoms with Gasteiger partial charge in [0.2, 0.25) is 0 Å². The molecule has 0 radical (unpaired) electrons. The maximum atomic E-state index is 11.5. The van der Waals surface area contributed by atoms with E-state index in [-0.39, 0.29) is 11.8 Å². The van der Waals surface area contributed by atoms with E-state index in [1.54, 1.807) is 25.3 Å². The van der Waals surface area contributed by atoms with Crippen LogP contribution >= 0.6 is 0 Å². The van der Waals surface area contributed by atoms with Gasteiger partial charge in [-0.05, 0) is 30.7 Å². The second-order valence-electron chi connectivity index (χ2n) is 3.50. The van der Waals surface area contributed by atoms with Crippen LogP contribution < -0.4 is 9.64 Å². The summed E-state index contributed by atoms with van der Waals surface area (Å²) in [6, 6.07) is 5.21. The molecule has 1 aromatic carbocycles. The minimum absolute atomic E-state index is 0.307. The summed E-state index contributed by atoms with van der Waals surface area (Å²) in [5, 5.41) is 0. The van der Waals surface area contributed by atoms with Crippen LogP contribution in [-0.4, -0.2) is 18.9 Å². The van der Waals surface area contributed by atoms with Crippen LogP contribution in [0.1, 0.15) is 5.56 Å². The van der Waals surface area contributed by atoms with Gasteiger partial charge in [0.1, 0.15) is 5.75 Å². The Morgan fingerprint density at radius 2 is 1.75 bits per heavy atom. The Kier molecular flexibility index (Phi) is 2.48. The monoisotopic (exact) mass is 217 g/mol. The summed E-state index contributed by atoms with van der Waals surface area (Å²) in [6.07, 6.45) is 2.54. The SMILES string of the molecule is COc1ccc(N2C(=O)C=CC2=O)c(C)c1. The van der Waals surface area contributed by atoms with E-state index in [0.29, 0.717) is 11.4 Å². The van der Waals surface area contributed by atoms with Crippen molar-refractivity contribution < 1.29 is 14.3 Å². The standard InChI is InChI=1S/C12H11NO3/c1-8-7-9(16-2)3-4-10(8)13-11(14)5-6-12(13)15/h3-7H,1-2H3. The lowest BCUT2D eigenvalue weighted by Crippen LogP contribution is -2.30. The fourth-order valence-electron chi connectivity index (χ4n) is 1.64. The van der Waals surface area contributed by atoms with E-state index in [1.807, 2.05) is 6.92 Å². The molecule has 1 aliphatic heterocycles. The second kappa shape index (κ2) is 3.81. The van der Waals surface area contributed by atoms with E-state index in [2.05, 4.69) is 0 Å². The third kappa shape index (κ3) is 1.58. The molecule has 0 unspecified atom stereocenters. The minimum atomic E-state index is -0.307. The van der Waals surface area contributed by atoms with E-state index in [4.69, 9.17) is 4.74 Å². The first kappa shape index (κ1) is 10.4. The van der Waals surface area contributed by atoms with Crippen LogP contribution in [0.3, 0.4) is 0 Å². The second-order valence-corrected chi connectivity index (χ2v) is 3.50. The number of benzene rings is 1. The van der Waals surface area contributed by atoms with Crippen molar-refractivity contribution in [3.63, 3.8) is 0 Å². The van der Waals surface area contributed by atoms with Gasteiger partial charge in [-0.15, -0.1) is 0 Å². The van der Waals surface area contributed by atoms with Gasteiger partial charge in [0.15, 0.2) is 0 Å². The number of aryl methyl sites for hydroxylation is 1. The molecular formula is C12H11NO3. The van der Waals surface area contributed by atoms with Crippen molar-refractivity contribution in [1.29, 1.82) is 0 Å². The average molecular weight is 217 g/mol. The van der Waals surface area contributed by atoms with Crippen LogP contribution in [0.4, 0.5) is 5.69 Å². The molecule has 0 N–H and O–H groups in total. The van der Waals surface area contributed by atoms with E-state index in [0.717, 1.165) is 10.5 Å². The smallest absolute Gasteiger partial charge is 0.258 e. The predicted molar refractivity (Wildman–Crippen MR) is 59.4 cm³/mol. The molecule has 16 heavy (non-hydrogen) atoms. The van der Waals surface area contributed by atoms with E-state index in [1.165, 1.54) is 12.2 Å². The van der Waals surface area contributed by atoms with Gasteiger partial charge in [-0.25, -0.2) is 4.90 Å². The Bertz CT molecular complexity index is 473. The van der Waals surface area contributed by atoms with Gasteiger partial charge in [0.25, 0.3) is 11.8 Å².